The van der Waals surface area contributed by atoms with E-state index in [2.05, 4.69) is 108 Å². The van der Waals surface area contributed by atoms with E-state index >= 15 is 0 Å². The van der Waals surface area contributed by atoms with Crippen molar-refractivity contribution in [3.05, 3.63) is 69.2 Å². The van der Waals surface area contributed by atoms with Gasteiger partial charge in [0.05, 0.1) is 5.56 Å². The van der Waals surface area contributed by atoms with Crippen LogP contribution in [0.3, 0.4) is 0 Å². The van der Waals surface area contributed by atoms with E-state index in [0.29, 0.717) is 6.54 Å². The molecule has 0 amide bonds. The van der Waals surface area contributed by atoms with Gasteiger partial charge < -0.3 is 4.90 Å². The molecule has 40 heavy (non-hydrogen) atoms. The lowest BCUT2D eigenvalue weighted by Crippen LogP contribution is -2.50. The molecule has 2 aromatic rings. The highest BCUT2D eigenvalue weighted by Crippen LogP contribution is 2.43. The molecule has 6 heteroatoms. The molecular weight excluding hydrogens is 514 g/mol. The molecule has 2 aromatic carbocycles. The molecule has 5 rings (SSSR count). The van der Waals surface area contributed by atoms with Gasteiger partial charge in [-0.1, -0.05) is 58.9 Å². The fourth-order valence-corrected chi connectivity index (χ4v) is 8.81. The first-order valence-corrected chi connectivity index (χ1v) is 16.7. The zero-order chi connectivity index (χ0) is 29.0. The zero-order valence-electron chi connectivity index (χ0n) is 25.8. The number of benzene rings is 2. The van der Waals surface area contributed by atoms with Gasteiger partial charge in [-0.05, 0) is 65.6 Å². The summed E-state index contributed by atoms with van der Waals surface area (Å²) in [5.41, 5.74) is 6.63. The van der Waals surface area contributed by atoms with Crippen molar-refractivity contribution in [2.24, 2.45) is 0 Å². The minimum Gasteiger partial charge on any atom is -0.378 e. The molecule has 1 fully saturated rings. The van der Waals surface area contributed by atoms with E-state index in [1.54, 1.807) is 4.31 Å². The van der Waals surface area contributed by atoms with Gasteiger partial charge in [0.2, 0.25) is 15.4 Å². The van der Waals surface area contributed by atoms with Crippen LogP contribution in [0.25, 0.3) is 11.6 Å². The summed E-state index contributed by atoms with van der Waals surface area (Å²) in [4.78, 5) is 2.16. The van der Waals surface area contributed by atoms with Gasteiger partial charge in [-0.3, -0.25) is 0 Å². The van der Waals surface area contributed by atoms with Crippen LogP contribution in [0.15, 0.2) is 36.4 Å². The molecule has 0 N–H and O–H groups in total. The first-order valence-electron chi connectivity index (χ1n) is 15.2. The molecular formula is C34H48N3O2S+. The lowest BCUT2D eigenvalue weighted by molar-refractivity contribution is 0.399. The van der Waals surface area contributed by atoms with Crippen LogP contribution in [0, 0.1) is 0 Å². The second-order valence-electron chi connectivity index (χ2n) is 13.2. The molecule has 216 valence electrons. The van der Waals surface area contributed by atoms with E-state index in [9.17, 15) is 8.42 Å². The van der Waals surface area contributed by atoms with Crippen molar-refractivity contribution >= 4 is 27.4 Å². The maximum Gasteiger partial charge on any atom is 0.237 e. The fourth-order valence-electron chi connectivity index (χ4n) is 7.00. The number of hydrogen-bond acceptors (Lipinski definition) is 3. The number of likely N-dealkylation sites (N-methyl/N-ethyl adjacent to an activating group) is 1. The van der Waals surface area contributed by atoms with Crippen LogP contribution < -0.4 is 20.1 Å². The molecule has 3 aliphatic rings. The van der Waals surface area contributed by atoms with Gasteiger partial charge in [0.15, 0.2) is 10.9 Å². The van der Waals surface area contributed by atoms with Gasteiger partial charge >= 0.3 is 0 Å². The Bertz CT molecular complexity index is 1580. The maximum atomic E-state index is 13.3. The molecule has 0 radical (unpaired) electrons. The summed E-state index contributed by atoms with van der Waals surface area (Å²) in [7, 11) is 0.885. The monoisotopic (exact) mass is 562 g/mol. The molecule has 1 saturated heterocycles. The lowest BCUT2D eigenvalue weighted by Gasteiger charge is -2.33. The van der Waals surface area contributed by atoms with Gasteiger partial charge in [0.25, 0.3) is 0 Å². The zero-order valence-corrected chi connectivity index (χ0v) is 26.7. The van der Waals surface area contributed by atoms with Crippen molar-refractivity contribution in [3.63, 3.8) is 0 Å². The van der Waals surface area contributed by atoms with Gasteiger partial charge in [-0.25, -0.2) is 13.0 Å². The summed E-state index contributed by atoms with van der Waals surface area (Å²) >= 11 is 0. The average molecular weight is 563 g/mol. The van der Waals surface area contributed by atoms with E-state index in [4.69, 9.17) is 0 Å². The summed E-state index contributed by atoms with van der Waals surface area (Å²) in [5.74, 6) is 0. The third-order valence-corrected chi connectivity index (χ3v) is 11.2. The Hall–Kier alpha value is -2.44. The van der Waals surface area contributed by atoms with Gasteiger partial charge in [0.1, 0.15) is 6.54 Å². The van der Waals surface area contributed by atoms with Crippen molar-refractivity contribution < 1.29 is 8.42 Å². The number of fused-ring (bicyclic) bond motifs is 3. The Balaban J connectivity index is 1.59. The Kier molecular flexibility index (Phi) is 7.58. The molecule has 2 heterocycles. The Morgan fingerprint density at radius 2 is 1.62 bits per heavy atom. The lowest BCUT2D eigenvalue weighted by atomic mass is 9.71. The number of sulfonamides is 1. The van der Waals surface area contributed by atoms with Crippen molar-refractivity contribution in [1.29, 1.82) is 0 Å². The van der Waals surface area contributed by atoms with Crippen molar-refractivity contribution in [2.75, 3.05) is 32.1 Å². The smallest absolute Gasteiger partial charge is 0.237 e. The second kappa shape index (κ2) is 10.4. The summed E-state index contributed by atoms with van der Waals surface area (Å²) < 4.78 is 30.9. The molecule has 2 aliphatic heterocycles. The minimum atomic E-state index is -3.29. The van der Waals surface area contributed by atoms with Gasteiger partial charge in [-0.2, -0.15) is 4.31 Å². The predicted molar refractivity (Wildman–Crippen MR) is 169 cm³/mol. The van der Waals surface area contributed by atoms with E-state index in [-0.39, 0.29) is 11.0 Å². The Morgan fingerprint density at radius 1 is 0.925 bits per heavy atom. The summed E-state index contributed by atoms with van der Waals surface area (Å²) in [6.45, 7) is 14.9. The van der Waals surface area contributed by atoms with Crippen LogP contribution in [-0.2, 0) is 15.4 Å². The molecule has 0 aromatic heterocycles. The molecule has 2 atom stereocenters. The van der Waals surface area contributed by atoms with Crippen molar-refractivity contribution in [2.45, 2.75) is 96.4 Å². The van der Waals surface area contributed by atoms with Crippen molar-refractivity contribution in [3.8, 4) is 0 Å². The molecule has 0 spiro atoms. The predicted octanol–water partition coefficient (Wildman–Crippen LogP) is 5.24. The van der Waals surface area contributed by atoms with E-state index in [1.165, 1.54) is 53.3 Å². The fraction of sp³-hybridized carbons (Fsp3) is 0.559. The summed E-state index contributed by atoms with van der Waals surface area (Å²) in [5, 5.41) is 1.81. The number of nitrogens with zero attached hydrogens (tertiary/aromatic N) is 3. The molecule has 2 unspecified atom stereocenters. The van der Waals surface area contributed by atoms with Gasteiger partial charge in [0, 0.05) is 57.2 Å². The van der Waals surface area contributed by atoms with Crippen molar-refractivity contribution in [1.82, 2.24) is 8.88 Å². The van der Waals surface area contributed by atoms with Gasteiger partial charge in [-0.15, -0.1) is 0 Å². The highest BCUT2D eigenvalue weighted by atomic mass is 32.2. The number of rotatable bonds is 10. The summed E-state index contributed by atoms with van der Waals surface area (Å²) in [6, 6.07) is 11.4. The van der Waals surface area contributed by atoms with Crippen LogP contribution in [-0.4, -0.2) is 50.8 Å². The van der Waals surface area contributed by atoms with Crippen LogP contribution in [0.2, 0.25) is 0 Å². The average Bonchev–Trinajstić information content (AvgIpc) is 3.43. The second-order valence-corrected chi connectivity index (χ2v) is 15.1. The summed E-state index contributed by atoms with van der Waals surface area (Å²) in [6.07, 6.45) is 11.4. The van der Waals surface area contributed by atoms with Crippen LogP contribution >= 0.6 is 0 Å². The minimum absolute atomic E-state index is 0.180. The van der Waals surface area contributed by atoms with E-state index in [1.807, 2.05) is 0 Å². The highest BCUT2D eigenvalue weighted by Gasteiger charge is 2.58. The quantitative estimate of drug-likeness (QED) is 0.226. The number of unbranched alkanes of at least 4 members (excludes halogenated alkanes) is 5. The topological polar surface area (TPSA) is 43.4 Å². The van der Waals surface area contributed by atoms with E-state index < -0.39 is 15.4 Å². The molecule has 0 saturated carbocycles. The normalized spacial score (nSPS) is 22.9. The van der Waals surface area contributed by atoms with E-state index in [0.717, 1.165) is 35.9 Å². The first kappa shape index (κ1) is 29.1. The SMILES string of the molecule is CCCCCCCCN1C(C2=CC(C)(C)[N+](CC)=c3cc4c(cc32)=Cc2ccc(N(C)C)cc2C4(C)C)S1(=O)=O. The largest absolute Gasteiger partial charge is 0.378 e. The van der Waals surface area contributed by atoms with Crippen LogP contribution in [0.1, 0.15) is 102 Å². The van der Waals surface area contributed by atoms with Crippen LogP contribution in [0.5, 0.6) is 0 Å². The third kappa shape index (κ3) is 4.85. The highest BCUT2D eigenvalue weighted by molar-refractivity contribution is 7.96. The number of anilines is 1. The molecule has 0 bridgehead atoms. The Morgan fingerprint density at radius 3 is 2.30 bits per heavy atom. The molecule has 5 nitrogen and oxygen atoms in total. The first-order chi connectivity index (χ1) is 18.8. The molecule has 1 aliphatic carbocycles. The Labute approximate surface area is 242 Å². The number of hydrogen-bond donors (Lipinski definition) is 0. The third-order valence-electron chi connectivity index (χ3n) is 9.32. The van der Waals surface area contributed by atoms with Crippen LogP contribution in [0.4, 0.5) is 5.69 Å². The standard InChI is InChI=1S/C34H48N3O2S/c1-9-11-12-13-14-15-18-37-32(40(37,38)39)28-23-33(3,4)36(10-2)31-22-30-25(20-27(28)31)19-24-16-17-26(35(7)8)21-29(24)34(30,5)6/h16-17,19-23,32H,9-15,18H2,1-8H3/q+1. The maximum absolute atomic E-state index is 13.3.